The average molecular weight is 237 g/mol. The molecule has 1 aromatic rings. The predicted octanol–water partition coefficient (Wildman–Crippen LogP) is -0.0866. The van der Waals surface area contributed by atoms with Crippen LogP contribution in [0.25, 0.3) is 0 Å². The third-order valence-electron chi connectivity index (χ3n) is 3.52. The highest BCUT2D eigenvalue weighted by Gasteiger charge is 2.37. The number of aromatic nitrogens is 3. The van der Waals surface area contributed by atoms with Gasteiger partial charge in [0, 0.05) is 19.2 Å². The van der Waals surface area contributed by atoms with Gasteiger partial charge >= 0.3 is 0 Å². The van der Waals surface area contributed by atoms with Gasteiger partial charge in [-0.2, -0.15) is 0 Å². The summed E-state index contributed by atoms with van der Waals surface area (Å²) in [7, 11) is 0. The zero-order valence-corrected chi connectivity index (χ0v) is 9.93. The van der Waals surface area contributed by atoms with E-state index in [1.54, 1.807) is 17.1 Å². The molecule has 1 aliphatic rings. The molecule has 0 radical (unpaired) electrons. The Morgan fingerprint density at radius 1 is 1.53 bits per heavy atom. The first-order valence-electron chi connectivity index (χ1n) is 6.05. The van der Waals surface area contributed by atoms with Crippen LogP contribution in [0.5, 0.6) is 0 Å². The SMILES string of the molecule is NCC1(CC(=O)NCCn2ccnn2)CCC1. The average Bonchev–Trinajstić information content (AvgIpc) is 2.76. The van der Waals surface area contributed by atoms with E-state index < -0.39 is 0 Å². The lowest BCUT2D eigenvalue weighted by atomic mass is 9.66. The van der Waals surface area contributed by atoms with Gasteiger partial charge in [0.1, 0.15) is 0 Å². The molecule has 0 unspecified atom stereocenters. The smallest absolute Gasteiger partial charge is 0.220 e. The first-order valence-corrected chi connectivity index (χ1v) is 6.05. The van der Waals surface area contributed by atoms with Crippen LogP contribution < -0.4 is 11.1 Å². The maximum absolute atomic E-state index is 11.7. The number of nitrogens with zero attached hydrogens (tertiary/aromatic N) is 3. The zero-order chi connectivity index (χ0) is 12.1. The van der Waals surface area contributed by atoms with Gasteiger partial charge < -0.3 is 11.1 Å². The van der Waals surface area contributed by atoms with Crippen molar-refractivity contribution in [2.24, 2.45) is 11.1 Å². The number of carbonyl (C=O) groups excluding carboxylic acids is 1. The van der Waals surface area contributed by atoms with Crippen LogP contribution >= 0.6 is 0 Å². The molecule has 6 heteroatoms. The lowest BCUT2D eigenvalue weighted by Crippen LogP contribution is -2.42. The molecule has 17 heavy (non-hydrogen) atoms. The van der Waals surface area contributed by atoms with E-state index in [1.165, 1.54) is 6.42 Å². The van der Waals surface area contributed by atoms with E-state index >= 15 is 0 Å². The summed E-state index contributed by atoms with van der Waals surface area (Å²) < 4.78 is 1.70. The highest BCUT2D eigenvalue weighted by Crippen LogP contribution is 2.42. The van der Waals surface area contributed by atoms with E-state index in [4.69, 9.17) is 5.73 Å². The van der Waals surface area contributed by atoms with Crippen molar-refractivity contribution in [1.82, 2.24) is 20.3 Å². The first-order chi connectivity index (χ1) is 8.24. The number of hydrogen-bond donors (Lipinski definition) is 2. The first kappa shape index (κ1) is 12.0. The second-order valence-corrected chi connectivity index (χ2v) is 4.75. The Kier molecular flexibility index (Phi) is 3.73. The Morgan fingerprint density at radius 3 is 2.88 bits per heavy atom. The lowest BCUT2D eigenvalue weighted by molar-refractivity contribution is -0.124. The van der Waals surface area contributed by atoms with E-state index in [1.807, 2.05) is 0 Å². The number of rotatable bonds is 6. The molecule has 0 atom stereocenters. The van der Waals surface area contributed by atoms with Crippen molar-refractivity contribution < 1.29 is 4.79 Å². The van der Waals surface area contributed by atoms with Gasteiger partial charge in [-0.15, -0.1) is 5.10 Å². The molecule has 0 spiro atoms. The van der Waals surface area contributed by atoms with Crippen LogP contribution in [0.15, 0.2) is 12.4 Å². The molecule has 1 heterocycles. The van der Waals surface area contributed by atoms with Gasteiger partial charge in [0.2, 0.25) is 5.91 Å². The highest BCUT2D eigenvalue weighted by molar-refractivity contribution is 5.76. The standard InChI is InChI=1S/C11H19N5O/c12-9-11(2-1-3-11)8-10(17)13-4-6-16-7-5-14-15-16/h5,7H,1-4,6,8-9,12H2,(H,13,17). The minimum absolute atomic E-state index is 0.0807. The van der Waals surface area contributed by atoms with Crippen molar-refractivity contribution >= 4 is 5.91 Å². The molecule has 0 saturated heterocycles. The topological polar surface area (TPSA) is 85.8 Å². The second kappa shape index (κ2) is 5.27. The van der Waals surface area contributed by atoms with E-state index in [0.29, 0.717) is 26.1 Å². The Balaban J connectivity index is 1.67. The molecule has 94 valence electrons. The summed E-state index contributed by atoms with van der Waals surface area (Å²) in [4.78, 5) is 11.7. The van der Waals surface area contributed by atoms with Crippen molar-refractivity contribution in [3.63, 3.8) is 0 Å². The van der Waals surface area contributed by atoms with Crippen molar-refractivity contribution in [2.75, 3.05) is 13.1 Å². The van der Waals surface area contributed by atoms with Crippen molar-refractivity contribution in [3.05, 3.63) is 12.4 Å². The third kappa shape index (κ3) is 3.03. The van der Waals surface area contributed by atoms with Gasteiger partial charge in [0.15, 0.2) is 0 Å². The summed E-state index contributed by atoms with van der Waals surface area (Å²) in [6.45, 7) is 1.85. The van der Waals surface area contributed by atoms with E-state index in [0.717, 1.165) is 12.8 Å². The fraction of sp³-hybridized carbons (Fsp3) is 0.727. The normalized spacial score (nSPS) is 17.5. The fourth-order valence-corrected chi connectivity index (χ4v) is 2.19. The Bertz CT molecular complexity index is 352. The van der Waals surface area contributed by atoms with Crippen LogP contribution in [0.2, 0.25) is 0 Å². The highest BCUT2D eigenvalue weighted by atomic mass is 16.1. The fourth-order valence-electron chi connectivity index (χ4n) is 2.19. The molecular weight excluding hydrogens is 218 g/mol. The summed E-state index contributed by atoms with van der Waals surface area (Å²) in [6.07, 6.45) is 7.32. The van der Waals surface area contributed by atoms with Gasteiger partial charge in [0.25, 0.3) is 0 Å². The molecule has 2 rings (SSSR count). The molecule has 0 bridgehead atoms. The van der Waals surface area contributed by atoms with Crippen LogP contribution in [0, 0.1) is 5.41 Å². The Hall–Kier alpha value is -1.43. The molecule has 1 amide bonds. The van der Waals surface area contributed by atoms with Crippen LogP contribution in [-0.2, 0) is 11.3 Å². The number of amides is 1. The minimum Gasteiger partial charge on any atom is -0.354 e. The van der Waals surface area contributed by atoms with Gasteiger partial charge in [0.05, 0.1) is 12.7 Å². The van der Waals surface area contributed by atoms with Gasteiger partial charge in [-0.1, -0.05) is 11.6 Å². The number of nitrogens with one attached hydrogen (secondary N) is 1. The van der Waals surface area contributed by atoms with Crippen molar-refractivity contribution in [2.45, 2.75) is 32.2 Å². The molecule has 0 aromatic carbocycles. The zero-order valence-electron chi connectivity index (χ0n) is 9.93. The van der Waals surface area contributed by atoms with Crippen molar-refractivity contribution in [3.8, 4) is 0 Å². The van der Waals surface area contributed by atoms with Gasteiger partial charge in [-0.05, 0) is 24.8 Å². The second-order valence-electron chi connectivity index (χ2n) is 4.75. The Labute approximate surface area is 101 Å². The van der Waals surface area contributed by atoms with Crippen LogP contribution in [0.4, 0.5) is 0 Å². The van der Waals surface area contributed by atoms with Crippen LogP contribution in [0.3, 0.4) is 0 Å². The van der Waals surface area contributed by atoms with E-state index in [9.17, 15) is 4.79 Å². The molecule has 1 saturated carbocycles. The molecule has 6 nitrogen and oxygen atoms in total. The summed E-state index contributed by atoms with van der Waals surface area (Å²) in [5, 5.41) is 10.4. The van der Waals surface area contributed by atoms with Crippen LogP contribution in [-0.4, -0.2) is 34.0 Å². The summed E-state index contributed by atoms with van der Waals surface area (Å²) >= 11 is 0. The Morgan fingerprint density at radius 2 is 2.35 bits per heavy atom. The van der Waals surface area contributed by atoms with Crippen LogP contribution in [0.1, 0.15) is 25.7 Å². The quantitative estimate of drug-likeness (QED) is 0.724. The minimum atomic E-state index is 0.0807. The predicted molar refractivity (Wildman–Crippen MR) is 63.0 cm³/mol. The monoisotopic (exact) mass is 237 g/mol. The van der Waals surface area contributed by atoms with Crippen molar-refractivity contribution in [1.29, 1.82) is 0 Å². The molecule has 0 aliphatic heterocycles. The van der Waals surface area contributed by atoms with Gasteiger partial charge in [-0.3, -0.25) is 9.48 Å². The third-order valence-corrected chi connectivity index (χ3v) is 3.52. The maximum atomic E-state index is 11.7. The maximum Gasteiger partial charge on any atom is 0.220 e. The summed E-state index contributed by atoms with van der Waals surface area (Å²) in [5.41, 5.74) is 5.80. The molecule has 1 aliphatic carbocycles. The molecule has 1 aromatic heterocycles. The number of carbonyl (C=O) groups is 1. The molecule has 1 fully saturated rings. The largest absolute Gasteiger partial charge is 0.354 e. The van der Waals surface area contributed by atoms with E-state index in [2.05, 4.69) is 15.6 Å². The molecular formula is C11H19N5O. The summed E-state index contributed by atoms with van der Waals surface area (Å²) in [6, 6.07) is 0. The number of hydrogen-bond acceptors (Lipinski definition) is 4. The van der Waals surface area contributed by atoms with E-state index in [-0.39, 0.29) is 11.3 Å². The summed E-state index contributed by atoms with van der Waals surface area (Å²) in [5.74, 6) is 0.0928. The molecule has 3 N–H and O–H groups in total. The lowest BCUT2D eigenvalue weighted by Gasteiger charge is -2.40. The number of nitrogens with two attached hydrogens (primary N) is 1. The van der Waals surface area contributed by atoms with Gasteiger partial charge in [-0.25, -0.2) is 0 Å².